The molecule has 0 saturated carbocycles. The number of carbonyl (C=O) groups is 1. The second-order valence-corrected chi connectivity index (χ2v) is 8.44. The van der Waals surface area contributed by atoms with Crippen molar-refractivity contribution in [3.8, 4) is 5.75 Å². The molecule has 2 aromatic carbocycles. The Morgan fingerprint density at radius 2 is 2.06 bits per heavy atom. The minimum atomic E-state index is -0.430. The first kappa shape index (κ1) is 21.1. The fraction of sp³-hybridized carbons (Fsp3) is 0.136. The van der Waals surface area contributed by atoms with Gasteiger partial charge in [-0.2, -0.15) is 0 Å². The van der Waals surface area contributed by atoms with Crippen LogP contribution in [0.2, 0.25) is 0 Å². The molecule has 0 fully saturated rings. The number of halogens is 1. The maximum Gasteiger partial charge on any atom is 0.272 e. The first-order valence-electron chi connectivity index (χ1n) is 9.33. The highest BCUT2D eigenvalue weighted by Gasteiger charge is 2.16. The summed E-state index contributed by atoms with van der Waals surface area (Å²) in [5.41, 5.74) is 1.63. The molecule has 0 atom stereocenters. The van der Waals surface area contributed by atoms with E-state index in [-0.39, 0.29) is 23.8 Å². The van der Waals surface area contributed by atoms with E-state index in [0.29, 0.717) is 26.8 Å². The fourth-order valence-electron chi connectivity index (χ4n) is 3.07. The molecule has 4 aromatic rings. The van der Waals surface area contributed by atoms with Gasteiger partial charge in [0.05, 0.1) is 24.9 Å². The van der Waals surface area contributed by atoms with Crippen LogP contribution in [0.15, 0.2) is 69.9 Å². The van der Waals surface area contributed by atoms with E-state index in [4.69, 9.17) is 4.74 Å². The van der Waals surface area contributed by atoms with Gasteiger partial charge in [-0.15, -0.1) is 11.3 Å². The molecule has 0 aliphatic heterocycles. The fourth-order valence-corrected chi connectivity index (χ4v) is 4.65. The Hall–Kier alpha value is -3.17. The number of benzene rings is 2. The van der Waals surface area contributed by atoms with Gasteiger partial charge in [-0.25, -0.2) is 9.37 Å². The van der Waals surface area contributed by atoms with Crippen LogP contribution >= 0.6 is 23.1 Å². The standard InChI is InChI=1S/C22H18FN3O3S2/c1-29-18-8-3-2-5-14(18)12-26-21(28)20-17(9-10-30-20)25-22(26)31-13-19(27)24-16-7-4-6-15(23)11-16/h2-11H,12-13H2,1H3,(H,24,27). The molecule has 0 bridgehead atoms. The Morgan fingerprint density at radius 3 is 2.87 bits per heavy atom. The lowest BCUT2D eigenvalue weighted by Crippen LogP contribution is -2.24. The summed E-state index contributed by atoms with van der Waals surface area (Å²) >= 11 is 2.49. The lowest BCUT2D eigenvalue weighted by molar-refractivity contribution is -0.113. The molecule has 0 saturated heterocycles. The zero-order valence-electron chi connectivity index (χ0n) is 16.5. The van der Waals surface area contributed by atoms with Crippen molar-refractivity contribution in [1.29, 1.82) is 0 Å². The molecule has 9 heteroatoms. The normalized spacial score (nSPS) is 10.9. The third kappa shape index (κ3) is 4.78. The molecule has 0 radical (unpaired) electrons. The number of carbonyl (C=O) groups excluding carboxylic acids is 1. The number of para-hydroxylation sites is 1. The van der Waals surface area contributed by atoms with Crippen molar-refractivity contribution in [3.05, 3.63) is 81.7 Å². The smallest absolute Gasteiger partial charge is 0.272 e. The van der Waals surface area contributed by atoms with E-state index in [1.165, 1.54) is 29.5 Å². The number of methoxy groups -OCH3 is 1. The van der Waals surface area contributed by atoms with Gasteiger partial charge in [-0.05, 0) is 35.7 Å². The Labute approximate surface area is 185 Å². The molecule has 1 N–H and O–H groups in total. The van der Waals surface area contributed by atoms with Crippen LogP contribution in [0.25, 0.3) is 10.2 Å². The Balaban J connectivity index is 1.61. The maximum atomic E-state index is 13.3. The zero-order valence-corrected chi connectivity index (χ0v) is 18.1. The van der Waals surface area contributed by atoms with E-state index in [2.05, 4.69) is 10.3 Å². The van der Waals surface area contributed by atoms with Crippen LogP contribution in [0.5, 0.6) is 5.75 Å². The van der Waals surface area contributed by atoms with Gasteiger partial charge in [0.15, 0.2) is 5.16 Å². The van der Waals surface area contributed by atoms with Gasteiger partial charge in [-0.3, -0.25) is 14.2 Å². The summed E-state index contributed by atoms with van der Waals surface area (Å²) in [6.07, 6.45) is 0. The highest BCUT2D eigenvalue weighted by molar-refractivity contribution is 7.99. The number of ether oxygens (including phenoxy) is 1. The van der Waals surface area contributed by atoms with Crippen molar-refractivity contribution in [2.75, 3.05) is 18.2 Å². The van der Waals surface area contributed by atoms with Crippen molar-refractivity contribution >= 4 is 44.9 Å². The molecular weight excluding hydrogens is 437 g/mol. The number of fused-ring (bicyclic) bond motifs is 1. The van der Waals surface area contributed by atoms with Crippen LogP contribution in [0.3, 0.4) is 0 Å². The van der Waals surface area contributed by atoms with Gasteiger partial charge >= 0.3 is 0 Å². The minimum Gasteiger partial charge on any atom is -0.496 e. The number of aromatic nitrogens is 2. The summed E-state index contributed by atoms with van der Waals surface area (Å²) in [6, 6.07) is 14.9. The van der Waals surface area contributed by atoms with Crippen LogP contribution in [-0.4, -0.2) is 28.3 Å². The lowest BCUT2D eigenvalue weighted by atomic mass is 10.2. The second kappa shape index (κ2) is 9.32. The van der Waals surface area contributed by atoms with E-state index in [1.807, 2.05) is 29.6 Å². The van der Waals surface area contributed by atoms with Crippen molar-refractivity contribution in [3.63, 3.8) is 0 Å². The average Bonchev–Trinajstić information content (AvgIpc) is 3.24. The van der Waals surface area contributed by atoms with Crippen LogP contribution in [0, 0.1) is 5.82 Å². The van der Waals surface area contributed by atoms with Gasteiger partial charge < -0.3 is 10.1 Å². The number of rotatable bonds is 7. The van der Waals surface area contributed by atoms with E-state index >= 15 is 0 Å². The van der Waals surface area contributed by atoms with E-state index in [0.717, 1.165) is 17.3 Å². The number of nitrogens with one attached hydrogen (secondary N) is 1. The van der Waals surface area contributed by atoms with Crippen molar-refractivity contribution < 1.29 is 13.9 Å². The summed E-state index contributed by atoms with van der Waals surface area (Å²) in [5.74, 6) is -0.0647. The quantitative estimate of drug-likeness (QED) is 0.331. The number of hydrogen-bond acceptors (Lipinski definition) is 6. The Kier molecular flexibility index (Phi) is 6.34. The van der Waals surface area contributed by atoms with Gasteiger partial charge in [0.1, 0.15) is 16.3 Å². The molecule has 4 rings (SSSR count). The minimum absolute atomic E-state index is 0.0184. The molecule has 0 spiro atoms. The molecule has 6 nitrogen and oxygen atoms in total. The molecule has 2 heterocycles. The SMILES string of the molecule is COc1ccccc1Cn1c(SCC(=O)Nc2cccc(F)c2)nc2ccsc2c1=O. The lowest BCUT2D eigenvalue weighted by Gasteiger charge is -2.14. The molecule has 31 heavy (non-hydrogen) atoms. The van der Waals surface area contributed by atoms with Crippen molar-refractivity contribution in [2.24, 2.45) is 0 Å². The first-order chi connectivity index (χ1) is 15.0. The highest BCUT2D eigenvalue weighted by Crippen LogP contribution is 2.24. The van der Waals surface area contributed by atoms with E-state index in [1.54, 1.807) is 23.8 Å². The van der Waals surface area contributed by atoms with Crippen molar-refractivity contribution in [2.45, 2.75) is 11.7 Å². The molecule has 0 unspecified atom stereocenters. The van der Waals surface area contributed by atoms with Crippen LogP contribution < -0.4 is 15.6 Å². The van der Waals surface area contributed by atoms with Crippen LogP contribution in [-0.2, 0) is 11.3 Å². The number of nitrogens with zero attached hydrogens (tertiary/aromatic N) is 2. The third-order valence-electron chi connectivity index (χ3n) is 4.49. The third-order valence-corrected chi connectivity index (χ3v) is 6.36. The summed E-state index contributed by atoms with van der Waals surface area (Å²) in [6.45, 7) is 0.261. The van der Waals surface area contributed by atoms with Gasteiger partial charge in [0, 0.05) is 11.3 Å². The number of thioether (sulfide) groups is 1. The molecule has 1 amide bonds. The van der Waals surface area contributed by atoms with Gasteiger partial charge in [-0.1, -0.05) is 36.0 Å². The number of anilines is 1. The number of thiophene rings is 1. The molecule has 0 aliphatic carbocycles. The summed E-state index contributed by atoms with van der Waals surface area (Å²) < 4.78 is 20.9. The average molecular weight is 456 g/mol. The molecule has 2 aromatic heterocycles. The summed E-state index contributed by atoms with van der Waals surface area (Å²) in [7, 11) is 1.58. The monoisotopic (exact) mass is 455 g/mol. The molecule has 0 aliphatic rings. The Morgan fingerprint density at radius 1 is 1.23 bits per heavy atom. The second-order valence-electron chi connectivity index (χ2n) is 6.58. The van der Waals surface area contributed by atoms with Crippen LogP contribution in [0.1, 0.15) is 5.56 Å². The number of hydrogen-bond donors (Lipinski definition) is 1. The number of amides is 1. The highest BCUT2D eigenvalue weighted by atomic mass is 32.2. The predicted molar refractivity (Wildman–Crippen MR) is 122 cm³/mol. The van der Waals surface area contributed by atoms with Crippen LogP contribution in [0.4, 0.5) is 10.1 Å². The molecular formula is C22H18FN3O3S2. The summed E-state index contributed by atoms with van der Waals surface area (Å²) in [5, 5.41) is 4.90. The van der Waals surface area contributed by atoms with Gasteiger partial charge in [0.25, 0.3) is 5.56 Å². The summed E-state index contributed by atoms with van der Waals surface area (Å²) in [4.78, 5) is 30.1. The van der Waals surface area contributed by atoms with E-state index < -0.39 is 5.82 Å². The van der Waals surface area contributed by atoms with Gasteiger partial charge in [0.2, 0.25) is 5.91 Å². The molecule has 158 valence electrons. The maximum absolute atomic E-state index is 13.3. The predicted octanol–water partition coefficient (Wildman–Crippen LogP) is 4.38. The topological polar surface area (TPSA) is 73.2 Å². The Bertz CT molecular complexity index is 1300. The van der Waals surface area contributed by atoms with E-state index in [9.17, 15) is 14.0 Å². The largest absolute Gasteiger partial charge is 0.496 e. The first-order valence-corrected chi connectivity index (χ1v) is 11.2. The zero-order chi connectivity index (χ0) is 21.8. The van der Waals surface area contributed by atoms with Crippen molar-refractivity contribution in [1.82, 2.24) is 9.55 Å².